The van der Waals surface area contributed by atoms with Gasteiger partial charge in [0.15, 0.2) is 0 Å². The minimum atomic E-state index is -0.156. The third-order valence-corrected chi connectivity index (χ3v) is 7.13. The molecule has 33 heavy (non-hydrogen) atoms. The second-order valence-electron chi connectivity index (χ2n) is 9.25. The standard InChI is InChI=1S/C27H33ClN2O3/c28-23-13-11-22(12-14-23)26(31)29-25(21-7-3-1-4-8-21)19-20-15-17-30(18-16-20)27(32)33-24-9-5-2-6-10-24/h1,3-4,7-8,11-14,20,24-25H,2,5-6,9-10,15-19H2,(H,29,31). The molecule has 2 amide bonds. The maximum Gasteiger partial charge on any atom is 0.410 e. The van der Waals surface area contributed by atoms with Gasteiger partial charge < -0.3 is 15.0 Å². The number of rotatable bonds is 6. The first-order valence-corrected chi connectivity index (χ1v) is 12.5. The van der Waals surface area contributed by atoms with Crippen molar-refractivity contribution in [3.05, 3.63) is 70.7 Å². The molecule has 2 aromatic carbocycles. The summed E-state index contributed by atoms with van der Waals surface area (Å²) in [6.45, 7) is 1.42. The van der Waals surface area contributed by atoms with E-state index in [1.54, 1.807) is 24.3 Å². The molecular formula is C27H33ClN2O3. The Kier molecular flexibility index (Phi) is 8.27. The Morgan fingerprint density at radius 1 is 0.939 bits per heavy atom. The van der Waals surface area contributed by atoms with Crippen LogP contribution in [0.25, 0.3) is 0 Å². The van der Waals surface area contributed by atoms with Gasteiger partial charge in [-0.25, -0.2) is 4.79 Å². The Balaban J connectivity index is 1.33. The Bertz CT molecular complexity index is 905. The molecule has 0 radical (unpaired) electrons. The Morgan fingerprint density at radius 3 is 2.27 bits per heavy atom. The van der Waals surface area contributed by atoms with Crippen molar-refractivity contribution in [2.75, 3.05) is 13.1 Å². The number of carbonyl (C=O) groups excluding carboxylic acids is 2. The van der Waals surface area contributed by atoms with Crippen molar-refractivity contribution < 1.29 is 14.3 Å². The van der Waals surface area contributed by atoms with Gasteiger partial charge in [-0.2, -0.15) is 0 Å². The fourth-order valence-corrected chi connectivity index (χ4v) is 5.02. The highest BCUT2D eigenvalue weighted by atomic mass is 35.5. The summed E-state index contributed by atoms with van der Waals surface area (Å²) >= 11 is 5.97. The lowest BCUT2D eigenvalue weighted by molar-refractivity contribution is 0.0371. The molecule has 176 valence electrons. The molecule has 0 aromatic heterocycles. The van der Waals surface area contributed by atoms with E-state index in [0.29, 0.717) is 29.6 Å². The number of nitrogens with one attached hydrogen (secondary N) is 1. The Morgan fingerprint density at radius 2 is 1.61 bits per heavy atom. The fraction of sp³-hybridized carbons (Fsp3) is 0.481. The van der Waals surface area contributed by atoms with Crippen molar-refractivity contribution >= 4 is 23.6 Å². The molecule has 1 aliphatic carbocycles. The van der Waals surface area contributed by atoms with E-state index in [4.69, 9.17) is 16.3 Å². The summed E-state index contributed by atoms with van der Waals surface area (Å²) in [4.78, 5) is 27.3. The number of ether oxygens (including phenoxy) is 1. The lowest BCUT2D eigenvalue weighted by Crippen LogP contribution is -2.41. The van der Waals surface area contributed by atoms with Gasteiger partial charge in [0.1, 0.15) is 6.10 Å². The molecule has 2 aliphatic rings. The van der Waals surface area contributed by atoms with Gasteiger partial charge in [-0.1, -0.05) is 48.4 Å². The van der Waals surface area contributed by atoms with Crippen LogP contribution >= 0.6 is 11.6 Å². The average molecular weight is 469 g/mol. The van der Waals surface area contributed by atoms with Crippen molar-refractivity contribution in [1.29, 1.82) is 0 Å². The number of halogens is 1. The quantitative estimate of drug-likeness (QED) is 0.534. The summed E-state index contributed by atoms with van der Waals surface area (Å²) in [7, 11) is 0. The SMILES string of the molecule is O=C(NC(CC1CCN(C(=O)OC2CCCCC2)CC1)c1ccccc1)c1ccc(Cl)cc1. The summed E-state index contributed by atoms with van der Waals surface area (Å²) in [5, 5.41) is 3.83. The number of nitrogens with zero attached hydrogens (tertiary/aromatic N) is 1. The van der Waals surface area contributed by atoms with Gasteiger partial charge in [0.25, 0.3) is 5.91 Å². The molecule has 4 rings (SSSR count). The molecule has 5 nitrogen and oxygen atoms in total. The largest absolute Gasteiger partial charge is 0.446 e. The van der Waals surface area contributed by atoms with Gasteiger partial charge >= 0.3 is 6.09 Å². The zero-order valence-corrected chi connectivity index (χ0v) is 19.8. The normalized spacial score (nSPS) is 18.5. The number of benzene rings is 2. The zero-order valence-electron chi connectivity index (χ0n) is 19.0. The number of hydrogen-bond donors (Lipinski definition) is 1. The monoisotopic (exact) mass is 468 g/mol. The molecule has 1 aliphatic heterocycles. The maximum absolute atomic E-state index is 12.9. The number of hydrogen-bond acceptors (Lipinski definition) is 3. The van der Waals surface area contributed by atoms with Crippen LogP contribution in [-0.4, -0.2) is 36.1 Å². The molecule has 0 bridgehead atoms. The van der Waals surface area contributed by atoms with Gasteiger partial charge in [-0.05, 0) is 80.7 Å². The van der Waals surface area contributed by atoms with Gasteiger partial charge in [0.2, 0.25) is 0 Å². The van der Waals surface area contributed by atoms with E-state index in [9.17, 15) is 9.59 Å². The van der Waals surface area contributed by atoms with E-state index in [1.807, 2.05) is 23.1 Å². The molecule has 1 saturated heterocycles. The summed E-state index contributed by atoms with van der Waals surface area (Å²) in [5.41, 5.74) is 1.69. The summed E-state index contributed by atoms with van der Waals surface area (Å²) in [6, 6.07) is 17.0. The summed E-state index contributed by atoms with van der Waals surface area (Å²) < 4.78 is 5.75. The smallest absolute Gasteiger partial charge is 0.410 e. The molecule has 2 aromatic rings. The van der Waals surface area contributed by atoms with Crippen LogP contribution in [-0.2, 0) is 4.74 Å². The highest BCUT2D eigenvalue weighted by molar-refractivity contribution is 6.30. The van der Waals surface area contributed by atoms with E-state index in [0.717, 1.165) is 50.5 Å². The third-order valence-electron chi connectivity index (χ3n) is 6.88. The van der Waals surface area contributed by atoms with E-state index in [-0.39, 0.29) is 24.1 Å². The van der Waals surface area contributed by atoms with Crippen molar-refractivity contribution in [3.63, 3.8) is 0 Å². The van der Waals surface area contributed by atoms with Crippen LogP contribution in [0.15, 0.2) is 54.6 Å². The van der Waals surface area contributed by atoms with Crippen molar-refractivity contribution in [2.45, 2.75) is 63.5 Å². The highest BCUT2D eigenvalue weighted by Gasteiger charge is 2.28. The summed E-state index contributed by atoms with van der Waals surface area (Å²) in [6.07, 6.45) is 8.16. The fourth-order valence-electron chi connectivity index (χ4n) is 4.89. The molecule has 2 fully saturated rings. The minimum absolute atomic E-state index is 0.0832. The molecule has 1 atom stereocenters. The molecule has 1 N–H and O–H groups in total. The first-order chi connectivity index (χ1) is 16.1. The third kappa shape index (κ3) is 6.73. The molecule has 1 heterocycles. The van der Waals surface area contributed by atoms with Crippen molar-refractivity contribution in [3.8, 4) is 0 Å². The van der Waals surface area contributed by atoms with E-state index in [1.165, 1.54) is 6.42 Å². The summed E-state index contributed by atoms with van der Waals surface area (Å²) in [5.74, 6) is 0.327. The first kappa shape index (κ1) is 23.6. The second kappa shape index (κ2) is 11.6. The number of likely N-dealkylation sites (tertiary alicyclic amines) is 1. The van der Waals surface area contributed by atoms with Gasteiger partial charge in [0, 0.05) is 23.7 Å². The predicted molar refractivity (Wildman–Crippen MR) is 130 cm³/mol. The molecule has 6 heteroatoms. The predicted octanol–water partition coefficient (Wildman–Crippen LogP) is 6.38. The average Bonchev–Trinajstić information content (AvgIpc) is 2.85. The van der Waals surface area contributed by atoms with Crippen LogP contribution < -0.4 is 5.32 Å². The van der Waals surface area contributed by atoms with Crippen molar-refractivity contribution in [2.24, 2.45) is 5.92 Å². The molecule has 1 saturated carbocycles. The number of piperidine rings is 1. The van der Waals surface area contributed by atoms with Crippen LogP contribution in [0, 0.1) is 5.92 Å². The van der Waals surface area contributed by atoms with E-state index in [2.05, 4.69) is 17.4 Å². The Hall–Kier alpha value is -2.53. The van der Waals surface area contributed by atoms with E-state index >= 15 is 0 Å². The molecular weight excluding hydrogens is 436 g/mol. The highest BCUT2D eigenvalue weighted by Crippen LogP contribution is 2.30. The van der Waals surface area contributed by atoms with Crippen LogP contribution in [0.3, 0.4) is 0 Å². The van der Waals surface area contributed by atoms with Gasteiger partial charge in [-0.3, -0.25) is 4.79 Å². The number of amides is 2. The Labute approximate surface area is 201 Å². The molecule has 1 unspecified atom stereocenters. The van der Waals surface area contributed by atoms with Crippen LogP contribution in [0.4, 0.5) is 4.79 Å². The zero-order chi connectivity index (χ0) is 23.0. The van der Waals surface area contributed by atoms with Crippen LogP contribution in [0.1, 0.15) is 73.3 Å². The lowest BCUT2D eigenvalue weighted by Gasteiger charge is -2.34. The molecule has 0 spiro atoms. The number of carbonyl (C=O) groups is 2. The maximum atomic E-state index is 12.9. The van der Waals surface area contributed by atoms with Crippen molar-refractivity contribution in [1.82, 2.24) is 10.2 Å². The topological polar surface area (TPSA) is 58.6 Å². The van der Waals surface area contributed by atoms with Gasteiger partial charge in [0.05, 0.1) is 6.04 Å². The second-order valence-corrected chi connectivity index (χ2v) is 9.69. The lowest BCUT2D eigenvalue weighted by atomic mass is 9.87. The van der Waals surface area contributed by atoms with Crippen LogP contribution in [0.2, 0.25) is 5.02 Å². The van der Waals surface area contributed by atoms with Crippen LogP contribution in [0.5, 0.6) is 0 Å². The minimum Gasteiger partial charge on any atom is -0.446 e. The van der Waals surface area contributed by atoms with Gasteiger partial charge in [-0.15, -0.1) is 0 Å². The van der Waals surface area contributed by atoms with E-state index < -0.39 is 0 Å². The first-order valence-electron chi connectivity index (χ1n) is 12.2.